The lowest BCUT2D eigenvalue weighted by Gasteiger charge is -2.17. The van der Waals surface area contributed by atoms with Gasteiger partial charge in [-0.1, -0.05) is 6.07 Å². The molecule has 1 aromatic heterocycles. The quantitative estimate of drug-likeness (QED) is 0.832. The monoisotopic (exact) mass is 256 g/mol. The zero-order valence-electron chi connectivity index (χ0n) is 10.8. The number of fused-ring (bicyclic) bond motifs is 1. The number of carbonyl (C=O) groups excluding carboxylic acids is 1. The molecule has 5 heteroatoms. The molecule has 1 aliphatic heterocycles. The van der Waals surface area contributed by atoms with Gasteiger partial charge in [0.15, 0.2) is 0 Å². The number of hydrogen-bond acceptors (Lipinski definition) is 3. The number of amides is 2. The van der Waals surface area contributed by atoms with Crippen LogP contribution in [-0.4, -0.2) is 41.0 Å². The van der Waals surface area contributed by atoms with Crippen molar-refractivity contribution in [2.24, 2.45) is 0 Å². The topological polar surface area (TPSA) is 62.5 Å². The number of carbonyl (C=O) groups is 1. The number of pyridine rings is 1. The molecule has 0 atom stereocenters. The van der Waals surface area contributed by atoms with Gasteiger partial charge in [-0.3, -0.25) is 4.98 Å². The average Bonchev–Trinajstić information content (AvgIpc) is 2.74. The van der Waals surface area contributed by atoms with E-state index in [2.05, 4.69) is 4.98 Å². The fourth-order valence-electron chi connectivity index (χ4n) is 2.44. The predicted molar refractivity (Wildman–Crippen MR) is 74.6 cm³/mol. The van der Waals surface area contributed by atoms with Crippen LogP contribution in [0.15, 0.2) is 30.5 Å². The molecule has 2 aromatic rings. The average molecular weight is 256 g/mol. The van der Waals surface area contributed by atoms with Crippen LogP contribution in [0, 0.1) is 0 Å². The van der Waals surface area contributed by atoms with Crippen molar-refractivity contribution < 1.29 is 4.79 Å². The van der Waals surface area contributed by atoms with Gasteiger partial charge in [0.1, 0.15) is 0 Å². The molecule has 0 aliphatic carbocycles. The van der Waals surface area contributed by atoms with Gasteiger partial charge in [0.25, 0.3) is 0 Å². The fraction of sp³-hybridized carbons (Fsp3) is 0.286. The molecule has 98 valence electrons. The van der Waals surface area contributed by atoms with Gasteiger partial charge < -0.3 is 15.5 Å². The maximum atomic E-state index is 11.9. The SMILES string of the molecule is CN1CCN(Cc2ccc(N)c3cccnc23)C1=O. The predicted octanol–water partition coefficient (Wildman–Crippen LogP) is 1.68. The smallest absolute Gasteiger partial charge is 0.320 e. The molecule has 0 bridgehead atoms. The largest absolute Gasteiger partial charge is 0.398 e. The molecule has 2 amide bonds. The molecule has 3 rings (SSSR count). The molecule has 2 heterocycles. The van der Waals surface area contributed by atoms with Gasteiger partial charge in [-0.15, -0.1) is 0 Å². The van der Waals surface area contributed by atoms with Crippen LogP contribution in [0.25, 0.3) is 10.9 Å². The van der Waals surface area contributed by atoms with Crippen molar-refractivity contribution >= 4 is 22.6 Å². The van der Waals surface area contributed by atoms with E-state index in [0.717, 1.165) is 35.2 Å². The number of rotatable bonds is 2. The highest BCUT2D eigenvalue weighted by Crippen LogP contribution is 2.24. The van der Waals surface area contributed by atoms with Crippen molar-refractivity contribution in [3.8, 4) is 0 Å². The molecule has 1 saturated heterocycles. The molecule has 0 saturated carbocycles. The van der Waals surface area contributed by atoms with Gasteiger partial charge in [0.05, 0.1) is 5.52 Å². The second-order valence-electron chi connectivity index (χ2n) is 4.84. The highest BCUT2D eigenvalue weighted by molar-refractivity contribution is 5.92. The standard InChI is InChI=1S/C14H16N4O/c1-17-7-8-18(14(17)19)9-10-4-5-12(15)11-3-2-6-16-13(10)11/h2-6H,7-9,15H2,1H3. The van der Waals surface area contributed by atoms with Gasteiger partial charge in [0, 0.05) is 44.0 Å². The van der Waals surface area contributed by atoms with Gasteiger partial charge in [-0.05, 0) is 23.8 Å². The molecule has 1 aliphatic rings. The summed E-state index contributed by atoms with van der Waals surface area (Å²) < 4.78 is 0. The second kappa shape index (κ2) is 4.42. The van der Waals surface area contributed by atoms with E-state index in [9.17, 15) is 4.79 Å². The van der Waals surface area contributed by atoms with Crippen LogP contribution < -0.4 is 5.73 Å². The molecule has 0 spiro atoms. The van der Waals surface area contributed by atoms with E-state index in [4.69, 9.17) is 5.73 Å². The van der Waals surface area contributed by atoms with Crippen LogP contribution in [0.2, 0.25) is 0 Å². The van der Waals surface area contributed by atoms with Gasteiger partial charge >= 0.3 is 6.03 Å². The highest BCUT2D eigenvalue weighted by Gasteiger charge is 2.25. The normalized spacial score (nSPS) is 15.5. The van der Waals surface area contributed by atoms with Crippen LogP contribution in [0.3, 0.4) is 0 Å². The van der Waals surface area contributed by atoms with E-state index in [1.807, 2.05) is 36.2 Å². The summed E-state index contributed by atoms with van der Waals surface area (Å²) in [5.41, 5.74) is 8.59. The molecular weight excluding hydrogens is 240 g/mol. The Morgan fingerprint density at radius 3 is 2.89 bits per heavy atom. The summed E-state index contributed by atoms with van der Waals surface area (Å²) >= 11 is 0. The Morgan fingerprint density at radius 1 is 1.32 bits per heavy atom. The number of nitrogens with zero attached hydrogens (tertiary/aromatic N) is 3. The Morgan fingerprint density at radius 2 is 2.16 bits per heavy atom. The minimum Gasteiger partial charge on any atom is -0.398 e. The number of likely N-dealkylation sites (N-methyl/N-ethyl adjacent to an activating group) is 1. The number of nitrogens with two attached hydrogens (primary N) is 1. The molecule has 0 radical (unpaired) electrons. The Kier molecular flexibility index (Phi) is 2.74. The van der Waals surface area contributed by atoms with E-state index in [1.165, 1.54) is 0 Å². The van der Waals surface area contributed by atoms with E-state index in [1.54, 1.807) is 11.1 Å². The summed E-state index contributed by atoms with van der Waals surface area (Å²) in [4.78, 5) is 19.9. The second-order valence-corrected chi connectivity index (χ2v) is 4.84. The first-order valence-corrected chi connectivity index (χ1v) is 6.29. The van der Waals surface area contributed by atoms with Crippen LogP contribution in [0.4, 0.5) is 10.5 Å². The number of hydrogen-bond donors (Lipinski definition) is 1. The van der Waals surface area contributed by atoms with Crippen molar-refractivity contribution in [3.05, 3.63) is 36.0 Å². The number of nitrogen functional groups attached to an aromatic ring is 1. The van der Waals surface area contributed by atoms with Crippen molar-refractivity contribution in [3.63, 3.8) is 0 Å². The lowest BCUT2D eigenvalue weighted by molar-refractivity contribution is 0.197. The van der Waals surface area contributed by atoms with Crippen LogP contribution in [0.1, 0.15) is 5.56 Å². The maximum Gasteiger partial charge on any atom is 0.320 e. The molecule has 5 nitrogen and oxygen atoms in total. The summed E-state index contributed by atoms with van der Waals surface area (Å²) in [7, 11) is 1.82. The third kappa shape index (κ3) is 1.97. The first kappa shape index (κ1) is 11.8. The van der Waals surface area contributed by atoms with Gasteiger partial charge in [-0.2, -0.15) is 0 Å². The van der Waals surface area contributed by atoms with E-state index >= 15 is 0 Å². The summed E-state index contributed by atoms with van der Waals surface area (Å²) in [5.74, 6) is 0. The fourth-order valence-corrected chi connectivity index (χ4v) is 2.44. The molecule has 1 aromatic carbocycles. The molecule has 2 N–H and O–H groups in total. The van der Waals surface area contributed by atoms with E-state index in [-0.39, 0.29) is 6.03 Å². The van der Waals surface area contributed by atoms with Gasteiger partial charge in [-0.25, -0.2) is 4.79 Å². The van der Waals surface area contributed by atoms with E-state index in [0.29, 0.717) is 6.54 Å². The molecule has 1 fully saturated rings. The van der Waals surface area contributed by atoms with Crippen LogP contribution in [0.5, 0.6) is 0 Å². The third-order valence-corrected chi connectivity index (χ3v) is 3.55. The van der Waals surface area contributed by atoms with Crippen LogP contribution >= 0.6 is 0 Å². The number of anilines is 1. The zero-order chi connectivity index (χ0) is 13.4. The Hall–Kier alpha value is -2.30. The van der Waals surface area contributed by atoms with E-state index < -0.39 is 0 Å². The zero-order valence-corrected chi connectivity index (χ0v) is 10.8. The lowest BCUT2D eigenvalue weighted by Crippen LogP contribution is -2.29. The summed E-state index contributed by atoms with van der Waals surface area (Å²) in [6.45, 7) is 2.12. The molecule has 0 unspecified atom stereocenters. The maximum absolute atomic E-state index is 11.9. The summed E-state index contributed by atoms with van der Waals surface area (Å²) in [6.07, 6.45) is 1.75. The number of aromatic nitrogens is 1. The van der Waals surface area contributed by atoms with Gasteiger partial charge in [0.2, 0.25) is 0 Å². The number of urea groups is 1. The van der Waals surface area contributed by atoms with Crippen molar-refractivity contribution in [1.82, 2.24) is 14.8 Å². The van der Waals surface area contributed by atoms with Crippen molar-refractivity contribution in [2.75, 3.05) is 25.9 Å². The minimum atomic E-state index is 0.0703. The Balaban J connectivity index is 1.98. The first-order chi connectivity index (χ1) is 9.16. The Labute approximate surface area is 111 Å². The van der Waals surface area contributed by atoms with Crippen LogP contribution in [-0.2, 0) is 6.54 Å². The minimum absolute atomic E-state index is 0.0703. The Bertz CT molecular complexity index is 640. The molecular formula is C14H16N4O. The van der Waals surface area contributed by atoms with Crippen molar-refractivity contribution in [2.45, 2.75) is 6.54 Å². The number of benzene rings is 1. The third-order valence-electron chi connectivity index (χ3n) is 3.55. The first-order valence-electron chi connectivity index (χ1n) is 6.29. The molecule has 19 heavy (non-hydrogen) atoms. The summed E-state index contributed by atoms with van der Waals surface area (Å²) in [6, 6.07) is 7.73. The highest BCUT2D eigenvalue weighted by atomic mass is 16.2. The van der Waals surface area contributed by atoms with Crippen molar-refractivity contribution in [1.29, 1.82) is 0 Å². The lowest BCUT2D eigenvalue weighted by atomic mass is 10.1. The summed E-state index contributed by atoms with van der Waals surface area (Å²) in [5, 5.41) is 0.944.